The van der Waals surface area contributed by atoms with Gasteiger partial charge >= 0.3 is 0 Å². The van der Waals surface area contributed by atoms with Crippen molar-refractivity contribution in [3.63, 3.8) is 0 Å². The maximum absolute atomic E-state index is 5.61. The van der Waals surface area contributed by atoms with Crippen molar-refractivity contribution >= 4 is 39.1 Å². The number of nitrogens with zero attached hydrogens (tertiary/aromatic N) is 1. The molecule has 15 heavy (non-hydrogen) atoms. The number of nitrogen functional groups attached to an aromatic ring is 1. The molecule has 0 saturated heterocycles. The number of thiazole rings is 1. The van der Waals surface area contributed by atoms with Crippen LogP contribution in [0.3, 0.4) is 0 Å². The molecule has 82 valence electrons. The lowest BCUT2D eigenvalue weighted by molar-refractivity contribution is 0.243. The van der Waals surface area contributed by atoms with Gasteiger partial charge in [-0.1, -0.05) is 11.3 Å². The number of anilines is 1. The normalized spacial score (nSPS) is 10.3. The minimum atomic E-state index is 0. The van der Waals surface area contributed by atoms with Crippen LogP contribution >= 0.6 is 23.7 Å². The van der Waals surface area contributed by atoms with E-state index >= 15 is 0 Å². The number of rotatable bonds is 2. The monoisotopic (exact) mass is 244 g/mol. The summed E-state index contributed by atoms with van der Waals surface area (Å²) < 4.78 is 6.64. The molecule has 0 fully saturated rings. The first kappa shape index (κ1) is 12.1. The van der Waals surface area contributed by atoms with Crippen LogP contribution in [0.1, 0.15) is 13.8 Å². The van der Waals surface area contributed by atoms with Crippen LogP contribution in [0.2, 0.25) is 0 Å². The quantitative estimate of drug-likeness (QED) is 0.883. The molecule has 0 saturated carbocycles. The molecule has 0 radical (unpaired) electrons. The molecule has 5 heteroatoms. The molecule has 0 bridgehead atoms. The summed E-state index contributed by atoms with van der Waals surface area (Å²) in [4.78, 5) is 4.17. The fourth-order valence-corrected chi connectivity index (χ4v) is 2.03. The summed E-state index contributed by atoms with van der Waals surface area (Å²) in [7, 11) is 0. The van der Waals surface area contributed by atoms with E-state index in [1.54, 1.807) is 0 Å². The zero-order valence-corrected chi connectivity index (χ0v) is 10.2. The Morgan fingerprint density at radius 2 is 2.13 bits per heavy atom. The van der Waals surface area contributed by atoms with E-state index in [4.69, 9.17) is 10.5 Å². The molecule has 0 aliphatic heterocycles. The Labute approximate surface area is 98.7 Å². The number of hydrogen-bond donors (Lipinski definition) is 1. The van der Waals surface area contributed by atoms with Crippen LogP contribution in [-0.4, -0.2) is 11.1 Å². The molecule has 0 atom stereocenters. The Hall–Kier alpha value is -1.00. The van der Waals surface area contributed by atoms with Gasteiger partial charge in [0.15, 0.2) is 5.13 Å². The van der Waals surface area contributed by atoms with Crippen molar-refractivity contribution in [2.45, 2.75) is 20.0 Å². The molecular formula is C10H13ClN2OS. The highest BCUT2D eigenvalue weighted by atomic mass is 35.5. The van der Waals surface area contributed by atoms with E-state index in [1.807, 2.05) is 32.0 Å². The van der Waals surface area contributed by atoms with Crippen LogP contribution in [0.5, 0.6) is 5.75 Å². The SMILES string of the molecule is CC(C)Oc1ccc2nc(N)sc2c1.Cl. The Bertz CT molecular complexity index is 456. The fraction of sp³-hybridized carbons (Fsp3) is 0.300. The molecule has 2 aromatic rings. The van der Waals surface area contributed by atoms with E-state index in [0.29, 0.717) is 5.13 Å². The summed E-state index contributed by atoms with van der Waals surface area (Å²) in [5, 5.41) is 0.599. The summed E-state index contributed by atoms with van der Waals surface area (Å²) in [6.45, 7) is 4.01. The third kappa shape index (κ3) is 2.73. The van der Waals surface area contributed by atoms with Crippen molar-refractivity contribution < 1.29 is 4.74 Å². The highest BCUT2D eigenvalue weighted by Crippen LogP contribution is 2.27. The topological polar surface area (TPSA) is 48.1 Å². The maximum atomic E-state index is 5.61. The molecule has 1 heterocycles. The Kier molecular flexibility index (Phi) is 3.77. The number of fused-ring (bicyclic) bond motifs is 1. The molecule has 1 aromatic heterocycles. The van der Waals surface area contributed by atoms with Gasteiger partial charge in [-0.15, -0.1) is 12.4 Å². The molecule has 2 N–H and O–H groups in total. The van der Waals surface area contributed by atoms with E-state index in [-0.39, 0.29) is 18.5 Å². The average molecular weight is 245 g/mol. The van der Waals surface area contributed by atoms with E-state index in [2.05, 4.69) is 4.98 Å². The van der Waals surface area contributed by atoms with Crippen LogP contribution in [0.15, 0.2) is 18.2 Å². The smallest absolute Gasteiger partial charge is 0.181 e. The van der Waals surface area contributed by atoms with E-state index in [9.17, 15) is 0 Å². The molecule has 1 aromatic carbocycles. The van der Waals surface area contributed by atoms with E-state index < -0.39 is 0 Å². The summed E-state index contributed by atoms with van der Waals surface area (Å²) in [5.74, 6) is 0.871. The van der Waals surface area contributed by atoms with Gasteiger partial charge in [-0.2, -0.15) is 0 Å². The van der Waals surface area contributed by atoms with Crippen LogP contribution in [0.25, 0.3) is 10.2 Å². The largest absolute Gasteiger partial charge is 0.491 e. The van der Waals surface area contributed by atoms with Gasteiger partial charge in [0.25, 0.3) is 0 Å². The molecule has 0 amide bonds. The van der Waals surface area contributed by atoms with Crippen molar-refractivity contribution in [1.82, 2.24) is 4.98 Å². The summed E-state index contributed by atoms with van der Waals surface area (Å²) in [6, 6.07) is 5.82. The lowest BCUT2D eigenvalue weighted by Crippen LogP contribution is -2.04. The second-order valence-corrected chi connectivity index (χ2v) is 4.41. The lowest BCUT2D eigenvalue weighted by atomic mass is 10.3. The van der Waals surface area contributed by atoms with Gasteiger partial charge in [-0.25, -0.2) is 4.98 Å². The van der Waals surface area contributed by atoms with Gasteiger partial charge in [0.05, 0.1) is 16.3 Å². The number of benzene rings is 1. The van der Waals surface area contributed by atoms with Crippen LogP contribution in [0.4, 0.5) is 5.13 Å². The first-order valence-corrected chi connectivity index (χ1v) is 5.29. The van der Waals surface area contributed by atoms with Crippen LogP contribution < -0.4 is 10.5 Å². The van der Waals surface area contributed by atoms with Crippen molar-refractivity contribution in [1.29, 1.82) is 0 Å². The van der Waals surface area contributed by atoms with E-state index in [1.165, 1.54) is 11.3 Å². The second kappa shape index (κ2) is 4.68. The summed E-state index contributed by atoms with van der Waals surface area (Å²) in [5.41, 5.74) is 6.54. The van der Waals surface area contributed by atoms with Gasteiger partial charge in [-0.3, -0.25) is 0 Å². The van der Waals surface area contributed by atoms with Gasteiger partial charge in [0.1, 0.15) is 5.75 Å². The average Bonchev–Trinajstić information content (AvgIpc) is 2.42. The van der Waals surface area contributed by atoms with Gasteiger partial charge in [0.2, 0.25) is 0 Å². The highest BCUT2D eigenvalue weighted by Gasteiger charge is 2.03. The zero-order valence-electron chi connectivity index (χ0n) is 8.56. The first-order chi connectivity index (χ1) is 6.65. The van der Waals surface area contributed by atoms with E-state index in [0.717, 1.165) is 16.0 Å². The highest BCUT2D eigenvalue weighted by molar-refractivity contribution is 7.22. The fourth-order valence-electron chi connectivity index (χ4n) is 1.27. The number of nitrogens with two attached hydrogens (primary N) is 1. The second-order valence-electron chi connectivity index (χ2n) is 3.35. The Morgan fingerprint density at radius 1 is 1.40 bits per heavy atom. The van der Waals surface area contributed by atoms with Crippen LogP contribution in [0, 0.1) is 0 Å². The Morgan fingerprint density at radius 3 is 2.80 bits per heavy atom. The Balaban J connectivity index is 0.00000112. The summed E-state index contributed by atoms with van der Waals surface area (Å²) in [6.07, 6.45) is 0.192. The van der Waals surface area contributed by atoms with Crippen LogP contribution in [-0.2, 0) is 0 Å². The zero-order chi connectivity index (χ0) is 10.1. The van der Waals surface area contributed by atoms with Gasteiger partial charge < -0.3 is 10.5 Å². The van der Waals surface area contributed by atoms with Crippen molar-refractivity contribution in [2.24, 2.45) is 0 Å². The van der Waals surface area contributed by atoms with Crippen molar-refractivity contribution in [3.8, 4) is 5.75 Å². The maximum Gasteiger partial charge on any atom is 0.181 e. The van der Waals surface area contributed by atoms with Gasteiger partial charge in [-0.05, 0) is 32.0 Å². The molecule has 0 unspecified atom stereocenters. The number of aromatic nitrogens is 1. The third-order valence-electron chi connectivity index (χ3n) is 1.75. The molecular weight excluding hydrogens is 232 g/mol. The van der Waals surface area contributed by atoms with Gasteiger partial charge in [0, 0.05) is 0 Å². The third-order valence-corrected chi connectivity index (χ3v) is 2.60. The van der Waals surface area contributed by atoms with Crippen molar-refractivity contribution in [2.75, 3.05) is 5.73 Å². The molecule has 3 nitrogen and oxygen atoms in total. The number of halogens is 1. The minimum Gasteiger partial charge on any atom is -0.491 e. The number of hydrogen-bond acceptors (Lipinski definition) is 4. The predicted octanol–water partition coefficient (Wildman–Crippen LogP) is 3.09. The van der Waals surface area contributed by atoms with Crippen molar-refractivity contribution in [3.05, 3.63) is 18.2 Å². The first-order valence-electron chi connectivity index (χ1n) is 4.48. The molecule has 0 aliphatic carbocycles. The standard InChI is InChI=1S/C10H12N2OS.ClH/c1-6(2)13-7-3-4-8-9(5-7)14-10(11)12-8;/h3-6H,1-2H3,(H2,11,12);1H. The predicted molar refractivity (Wildman–Crippen MR) is 67.0 cm³/mol. The summed E-state index contributed by atoms with van der Waals surface area (Å²) >= 11 is 1.48. The lowest BCUT2D eigenvalue weighted by Gasteiger charge is -2.08. The number of ether oxygens (including phenoxy) is 1. The minimum absolute atomic E-state index is 0. The molecule has 0 aliphatic rings. The molecule has 2 rings (SSSR count). The molecule has 0 spiro atoms.